The van der Waals surface area contributed by atoms with Crippen LogP contribution in [0.5, 0.6) is 0 Å². The lowest BCUT2D eigenvalue weighted by Gasteiger charge is -2.02. The number of benzene rings is 1. The number of hydrogen-bond donors (Lipinski definition) is 1. The van der Waals surface area contributed by atoms with Gasteiger partial charge in [0, 0.05) is 5.69 Å². The number of hydrogen-bond acceptors (Lipinski definition) is 3. The van der Waals surface area contributed by atoms with Crippen molar-refractivity contribution in [2.75, 3.05) is 12.3 Å². The van der Waals surface area contributed by atoms with Crippen LogP contribution in [0.4, 0.5) is 10.1 Å². The topological polar surface area (TPSA) is 52.3 Å². The molecule has 74 valence electrons. The Morgan fingerprint density at radius 1 is 1.57 bits per heavy atom. The number of halogens is 1. The Balaban J connectivity index is 2.84. The first-order valence-corrected chi connectivity index (χ1v) is 3.97. The van der Waals surface area contributed by atoms with Gasteiger partial charge in [0.15, 0.2) is 0 Å². The molecule has 0 atom stereocenters. The Hall–Kier alpha value is -1.84. The third-order valence-corrected chi connectivity index (χ3v) is 1.49. The van der Waals surface area contributed by atoms with Gasteiger partial charge in [-0.05, 0) is 18.2 Å². The summed E-state index contributed by atoms with van der Waals surface area (Å²) in [7, 11) is 0. The first-order valence-electron chi connectivity index (χ1n) is 3.97. The molecule has 0 amide bonds. The zero-order chi connectivity index (χ0) is 10.6. The highest BCUT2D eigenvalue weighted by Crippen LogP contribution is 2.11. The molecule has 0 aliphatic carbocycles. The third kappa shape index (κ3) is 2.58. The van der Waals surface area contributed by atoms with Crippen LogP contribution in [0.15, 0.2) is 30.9 Å². The van der Waals surface area contributed by atoms with Crippen molar-refractivity contribution < 1.29 is 13.9 Å². The summed E-state index contributed by atoms with van der Waals surface area (Å²) in [5.74, 6) is -1.17. The van der Waals surface area contributed by atoms with E-state index >= 15 is 0 Å². The fraction of sp³-hybridized carbons (Fsp3) is 0.100. The van der Waals surface area contributed by atoms with E-state index in [1.807, 2.05) is 0 Å². The molecule has 1 aromatic carbocycles. The van der Waals surface area contributed by atoms with E-state index in [4.69, 9.17) is 10.5 Å². The van der Waals surface area contributed by atoms with Crippen molar-refractivity contribution in [3.63, 3.8) is 0 Å². The molecule has 0 aliphatic rings. The lowest BCUT2D eigenvalue weighted by Crippen LogP contribution is -2.06. The smallest absolute Gasteiger partial charge is 0.338 e. The number of anilines is 1. The van der Waals surface area contributed by atoms with E-state index in [0.29, 0.717) is 0 Å². The van der Waals surface area contributed by atoms with Gasteiger partial charge in [0.2, 0.25) is 0 Å². The van der Waals surface area contributed by atoms with Crippen LogP contribution in [0.3, 0.4) is 0 Å². The van der Waals surface area contributed by atoms with Gasteiger partial charge < -0.3 is 10.5 Å². The standard InChI is InChI=1S/C10H10FNO2/c1-2-3-14-10(13)7-4-8(11)6-9(12)5-7/h2,4-6H,1,3,12H2. The lowest BCUT2D eigenvalue weighted by atomic mass is 10.2. The number of carbonyl (C=O) groups is 1. The van der Waals surface area contributed by atoms with E-state index in [1.54, 1.807) is 0 Å². The van der Waals surface area contributed by atoms with Gasteiger partial charge in [-0.1, -0.05) is 12.7 Å². The molecule has 1 aromatic rings. The molecule has 14 heavy (non-hydrogen) atoms. The summed E-state index contributed by atoms with van der Waals surface area (Å²) >= 11 is 0. The Bertz CT molecular complexity index is 343. The summed E-state index contributed by atoms with van der Waals surface area (Å²) < 4.78 is 17.5. The maximum absolute atomic E-state index is 12.8. The molecule has 0 bridgehead atoms. The van der Waals surface area contributed by atoms with E-state index in [2.05, 4.69) is 6.58 Å². The van der Waals surface area contributed by atoms with Crippen molar-refractivity contribution in [2.45, 2.75) is 0 Å². The van der Waals surface area contributed by atoms with Crippen molar-refractivity contribution in [2.24, 2.45) is 0 Å². The molecule has 4 heteroatoms. The molecule has 0 radical (unpaired) electrons. The highest BCUT2D eigenvalue weighted by atomic mass is 19.1. The molecule has 1 rings (SSSR count). The maximum atomic E-state index is 12.8. The van der Waals surface area contributed by atoms with E-state index in [1.165, 1.54) is 12.1 Å². The van der Waals surface area contributed by atoms with Crippen molar-refractivity contribution >= 4 is 11.7 Å². The molecule has 0 spiro atoms. The summed E-state index contributed by atoms with van der Waals surface area (Å²) in [6, 6.07) is 3.56. The molecule has 0 saturated carbocycles. The van der Waals surface area contributed by atoms with E-state index < -0.39 is 11.8 Å². The van der Waals surface area contributed by atoms with Crippen LogP contribution in [-0.2, 0) is 4.74 Å². The van der Waals surface area contributed by atoms with Crippen LogP contribution >= 0.6 is 0 Å². The normalized spacial score (nSPS) is 9.50. The monoisotopic (exact) mass is 195 g/mol. The second-order valence-corrected chi connectivity index (χ2v) is 2.66. The molecule has 0 fully saturated rings. The Morgan fingerprint density at radius 2 is 2.29 bits per heavy atom. The second kappa shape index (κ2) is 4.41. The summed E-state index contributed by atoms with van der Waals surface area (Å²) in [6.45, 7) is 3.48. The van der Waals surface area contributed by atoms with Crippen molar-refractivity contribution in [3.05, 3.63) is 42.2 Å². The summed E-state index contributed by atoms with van der Waals surface area (Å²) in [5, 5.41) is 0. The van der Waals surface area contributed by atoms with Crippen LogP contribution in [0.2, 0.25) is 0 Å². The van der Waals surface area contributed by atoms with Crippen molar-refractivity contribution in [3.8, 4) is 0 Å². The number of nitrogen functional groups attached to an aromatic ring is 1. The SMILES string of the molecule is C=CCOC(=O)c1cc(N)cc(F)c1. The number of ether oxygens (including phenoxy) is 1. The molecular weight excluding hydrogens is 185 g/mol. The molecule has 0 aromatic heterocycles. The lowest BCUT2D eigenvalue weighted by molar-refractivity contribution is 0.0549. The van der Waals surface area contributed by atoms with Gasteiger partial charge in [-0.15, -0.1) is 0 Å². The number of nitrogens with two attached hydrogens (primary N) is 1. The van der Waals surface area contributed by atoms with Crippen LogP contribution in [0.1, 0.15) is 10.4 Å². The molecule has 0 unspecified atom stereocenters. The maximum Gasteiger partial charge on any atom is 0.338 e. The van der Waals surface area contributed by atoms with E-state index in [9.17, 15) is 9.18 Å². The van der Waals surface area contributed by atoms with Crippen LogP contribution in [-0.4, -0.2) is 12.6 Å². The Labute approximate surface area is 81.0 Å². The van der Waals surface area contributed by atoms with E-state index in [-0.39, 0.29) is 17.9 Å². The third-order valence-electron chi connectivity index (χ3n) is 1.49. The molecular formula is C10H10FNO2. The molecule has 2 N–H and O–H groups in total. The summed E-state index contributed by atoms with van der Waals surface area (Å²) in [5.41, 5.74) is 5.65. The largest absolute Gasteiger partial charge is 0.458 e. The fourth-order valence-electron chi connectivity index (χ4n) is 0.948. The Morgan fingerprint density at radius 3 is 2.86 bits per heavy atom. The number of carbonyl (C=O) groups excluding carboxylic acids is 1. The van der Waals surface area contributed by atoms with Gasteiger partial charge in [0.05, 0.1) is 5.56 Å². The highest BCUT2D eigenvalue weighted by molar-refractivity contribution is 5.90. The predicted octanol–water partition coefficient (Wildman–Crippen LogP) is 1.75. The van der Waals surface area contributed by atoms with Crippen molar-refractivity contribution in [1.29, 1.82) is 0 Å². The minimum atomic E-state index is -0.615. The quantitative estimate of drug-likeness (QED) is 0.454. The number of esters is 1. The molecule has 0 heterocycles. The molecule has 0 aliphatic heterocycles. The second-order valence-electron chi connectivity index (χ2n) is 2.66. The minimum absolute atomic E-state index is 0.0925. The summed E-state index contributed by atoms with van der Waals surface area (Å²) in [6.07, 6.45) is 1.43. The van der Waals surface area contributed by atoms with Crippen molar-refractivity contribution in [1.82, 2.24) is 0 Å². The number of rotatable bonds is 3. The van der Waals surface area contributed by atoms with Gasteiger partial charge in [0.1, 0.15) is 12.4 Å². The van der Waals surface area contributed by atoms with Crippen LogP contribution in [0.25, 0.3) is 0 Å². The van der Waals surface area contributed by atoms with E-state index in [0.717, 1.165) is 12.1 Å². The van der Waals surface area contributed by atoms with Gasteiger partial charge in [-0.3, -0.25) is 0 Å². The highest BCUT2D eigenvalue weighted by Gasteiger charge is 2.08. The molecule has 3 nitrogen and oxygen atoms in total. The molecule has 0 saturated heterocycles. The summed E-state index contributed by atoms with van der Waals surface area (Å²) in [4.78, 5) is 11.2. The first-order chi connectivity index (χ1) is 6.63. The fourth-order valence-corrected chi connectivity index (χ4v) is 0.948. The van der Waals surface area contributed by atoms with Gasteiger partial charge >= 0.3 is 5.97 Å². The Kier molecular flexibility index (Phi) is 3.23. The zero-order valence-corrected chi connectivity index (χ0v) is 7.50. The average molecular weight is 195 g/mol. The van der Waals surface area contributed by atoms with Gasteiger partial charge in [-0.25, -0.2) is 9.18 Å². The zero-order valence-electron chi connectivity index (χ0n) is 7.50. The average Bonchev–Trinajstić information content (AvgIpc) is 2.12. The first kappa shape index (κ1) is 10.2. The predicted molar refractivity (Wildman–Crippen MR) is 51.3 cm³/mol. The van der Waals surface area contributed by atoms with Crippen LogP contribution < -0.4 is 5.73 Å². The minimum Gasteiger partial charge on any atom is -0.458 e. The van der Waals surface area contributed by atoms with Crippen LogP contribution in [0, 0.1) is 5.82 Å². The van der Waals surface area contributed by atoms with Gasteiger partial charge in [0.25, 0.3) is 0 Å². The van der Waals surface area contributed by atoms with Gasteiger partial charge in [-0.2, -0.15) is 0 Å².